The highest BCUT2D eigenvalue weighted by Crippen LogP contribution is 2.27. The van der Waals surface area contributed by atoms with Crippen LogP contribution in [-0.4, -0.2) is 53.9 Å². The van der Waals surface area contributed by atoms with Gasteiger partial charge in [0.25, 0.3) is 0 Å². The molecule has 1 saturated heterocycles. The van der Waals surface area contributed by atoms with Crippen LogP contribution in [0.4, 0.5) is 0 Å². The van der Waals surface area contributed by atoms with Crippen LogP contribution in [0.5, 0.6) is 0 Å². The molecule has 104 valence electrons. The first-order valence-electron chi connectivity index (χ1n) is 6.58. The first-order valence-corrected chi connectivity index (χ1v) is 6.99. The molecule has 18 heavy (non-hydrogen) atoms. The van der Waals surface area contributed by atoms with Gasteiger partial charge in [-0.2, -0.15) is 0 Å². The second-order valence-corrected chi connectivity index (χ2v) is 5.98. The van der Waals surface area contributed by atoms with Crippen LogP contribution in [0, 0.1) is 5.41 Å². The number of rotatable bonds is 4. The summed E-state index contributed by atoms with van der Waals surface area (Å²) in [6, 6.07) is 0.576. The predicted octanol–water partition coefficient (Wildman–Crippen LogP) is 1.24. The van der Waals surface area contributed by atoms with Crippen LogP contribution in [0.15, 0.2) is 0 Å². The summed E-state index contributed by atoms with van der Waals surface area (Å²) in [7, 11) is 4.18. The molecule has 5 heteroatoms. The van der Waals surface area contributed by atoms with Crippen molar-refractivity contribution in [2.75, 3.05) is 27.2 Å². The molecular weight excluding hydrogens is 246 g/mol. The van der Waals surface area contributed by atoms with E-state index < -0.39 is 5.41 Å². The molecule has 0 aromatic carbocycles. The van der Waals surface area contributed by atoms with E-state index >= 15 is 0 Å². The van der Waals surface area contributed by atoms with Gasteiger partial charge in [-0.1, -0.05) is 19.1 Å². The van der Waals surface area contributed by atoms with Crippen LogP contribution in [0.1, 0.15) is 33.1 Å². The van der Waals surface area contributed by atoms with Gasteiger partial charge >= 0.3 is 0 Å². The first kappa shape index (κ1) is 15.4. The molecule has 4 nitrogen and oxygen atoms in total. The van der Waals surface area contributed by atoms with Crippen molar-refractivity contribution in [3.63, 3.8) is 0 Å². The Morgan fingerprint density at radius 2 is 1.94 bits per heavy atom. The number of hydrogen-bond donors (Lipinski definition) is 1. The Kier molecular flexibility index (Phi) is 5.10. The van der Waals surface area contributed by atoms with Crippen LogP contribution >= 0.6 is 12.2 Å². The quantitative estimate of drug-likeness (QED) is 0.782. The zero-order valence-corrected chi connectivity index (χ0v) is 12.7. The van der Waals surface area contributed by atoms with Crippen LogP contribution in [0.25, 0.3) is 0 Å². The number of amides is 1. The minimum atomic E-state index is -0.680. The first-order chi connectivity index (χ1) is 8.32. The molecule has 0 aromatic rings. The van der Waals surface area contributed by atoms with Crippen molar-refractivity contribution in [1.82, 2.24) is 9.80 Å². The minimum Gasteiger partial charge on any atom is -0.392 e. The topological polar surface area (TPSA) is 49.6 Å². The van der Waals surface area contributed by atoms with Gasteiger partial charge in [-0.05, 0) is 40.3 Å². The largest absolute Gasteiger partial charge is 0.392 e. The van der Waals surface area contributed by atoms with Gasteiger partial charge in [-0.25, -0.2) is 0 Å². The highest BCUT2D eigenvalue weighted by Gasteiger charge is 2.39. The van der Waals surface area contributed by atoms with Gasteiger partial charge in [0.15, 0.2) is 0 Å². The molecule has 1 aliphatic heterocycles. The van der Waals surface area contributed by atoms with Gasteiger partial charge < -0.3 is 15.5 Å². The van der Waals surface area contributed by atoms with Crippen LogP contribution < -0.4 is 5.73 Å². The van der Waals surface area contributed by atoms with E-state index in [9.17, 15) is 4.79 Å². The molecule has 1 aliphatic rings. The summed E-state index contributed by atoms with van der Waals surface area (Å²) in [5, 5.41) is 0. The Labute approximate surface area is 115 Å². The molecule has 1 amide bonds. The third-order valence-corrected chi connectivity index (χ3v) is 4.66. The van der Waals surface area contributed by atoms with E-state index in [1.54, 1.807) is 0 Å². The molecule has 2 N–H and O–H groups in total. The van der Waals surface area contributed by atoms with E-state index in [1.165, 1.54) is 0 Å². The van der Waals surface area contributed by atoms with Crippen molar-refractivity contribution in [2.45, 2.75) is 39.2 Å². The van der Waals surface area contributed by atoms with Crippen LogP contribution in [-0.2, 0) is 4.79 Å². The fraction of sp³-hybridized carbons (Fsp3) is 0.846. The highest BCUT2D eigenvalue weighted by molar-refractivity contribution is 7.80. The summed E-state index contributed by atoms with van der Waals surface area (Å²) in [5.41, 5.74) is 5.06. The lowest BCUT2D eigenvalue weighted by atomic mass is 9.85. The maximum atomic E-state index is 12.5. The molecule has 1 atom stereocenters. The van der Waals surface area contributed by atoms with E-state index in [0.717, 1.165) is 25.9 Å². The predicted molar refractivity (Wildman–Crippen MR) is 78.5 cm³/mol. The molecule has 0 radical (unpaired) electrons. The number of nitrogens with two attached hydrogens (primary N) is 1. The van der Waals surface area contributed by atoms with Gasteiger partial charge in [0.1, 0.15) is 0 Å². The maximum absolute atomic E-state index is 12.5. The van der Waals surface area contributed by atoms with Crippen molar-refractivity contribution in [2.24, 2.45) is 11.1 Å². The summed E-state index contributed by atoms with van der Waals surface area (Å²) in [6.07, 6.45) is 2.71. The number of thiocarbonyl (C=S) groups is 1. The third-order valence-electron chi connectivity index (χ3n) is 4.20. The molecule has 0 aliphatic carbocycles. The van der Waals surface area contributed by atoms with E-state index in [4.69, 9.17) is 18.0 Å². The van der Waals surface area contributed by atoms with Crippen molar-refractivity contribution in [3.8, 4) is 0 Å². The summed E-state index contributed by atoms with van der Waals surface area (Å²) >= 11 is 5.06. The Morgan fingerprint density at radius 3 is 2.28 bits per heavy atom. The smallest absolute Gasteiger partial charge is 0.235 e. The van der Waals surface area contributed by atoms with Crippen molar-refractivity contribution in [1.29, 1.82) is 0 Å². The lowest BCUT2D eigenvalue weighted by Gasteiger charge is -2.39. The number of piperidine rings is 1. The maximum Gasteiger partial charge on any atom is 0.235 e. The Bertz CT molecular complexity index is 324. The molecule has 0 saturated carbocycles. The van der Waals surface area contributed by atoms with Gasteiger partial charge in [-0.3, -0.25) is 4.79 Å². The molecule has 1 rings (SSSR count). The van der Waals surface area contributed by atoms with Crippen LogP contribution in [0.3, 0.4) is 0 Å². The van der Waals surface area contributed by atoms with Gasteiger partial charge in [0.2, 0.25) is 5.91 Å². The van der Waals surface area contributed by atoms with Crippen molar-refractivity contribution in [3.05, 3.63) is 0 Å². The van der Waals surface area contributed by atoms with E-state index in [-0.39, 0.29) is 5.91 Å². The minimum absolute atomic E-state index is 0.0923. The zero-order chi connectivity index (χ0) is 13.9. The van der Waals surface area contributed by atoms with E-state index in [0.29, 0.717) is 17.5 Å². The Morgan fingerprint density at radius 1 is 1.44 bits per heavy atom. The van der Waals surface area contributed by atoms with Gasteiger partial charge in [-0.15, -0.1) is 0 Å². The van der Waals surface area contributed by atoms with Gasteiger partial charge in [0.05, 0.1) is 10.4 Å². The van der Waals surface area contributed by atoms with E-state index in [1.807, 2.05) is 18.7 Å². The number of carbonyl (C=O) groups is 1. The van der Waals surface area contributed by atoms with Crippen LogP contribution in [0.2, 0.25) is 0 Å². The van der Waals surface area contributed by atoms with Crippen molar-refractivity contribution < 1.29 is 4.79 Å². The lowest BCUT2D eigenvalue weighted by molar-refractivity contribution is -0.139. The van der Waals surface area contributed by atoms with Crippen molar-refractivity contribution >= 4 is 23.1 Å². The Balaban J connectivity index is 2.67. The van der Waals surface area contributed by atoms with E-state index in [2.05, 4.69) is 19.0 Å². The molecule has 0 bridgehead atoms. The summed E-state index contributed by atoms with van der Waals surface area (Å²) in [5.74, 6) is 0.0923. The molecule has 1 unspecified atom stereocenters. The fourth-order valence-electron chi connectivity index (χ4n) is 2.37. The molecule has 0 aromatic heterocycles. The lowest BCUT2D eigenvalue weighted by Crippen LogP contribution is -2.52. The zero-order valence-electron chi connectivity index (χ0n) is 11.9. The summed E-state index contributed by atoms with van der Waals surface area (Å²) < 4.78 is 0. The second kappa shape index (κ2) is 5.97. The normalized spacial score (nSPS) is 20.8. The highest BCUT2D eigenvalue weighted by atomic mass is 32.1. The Hall–Kier alpha value is -0.680. The van der Waals surface area contributed by atoms with Gasteiger partial charge in [0, 0.05) is 19.1 Å². The second-order valence-electron chi connectivity index (χ2n) is 5.54. The monoisotopic (exact) mass is 271 g/mol. The summed E-state index contributed by atoms with van der Waals surface area (Å²) in [6.45, 7) is 5.43. The average molecular weight is 271 g/mol. The third kappa shape index (κ3) is 3.01. The molecule has 1 fully saturated rings. The molecule has 0 spiro atoms. The fourth-order valence-corrected chi connectivity index (χ4v) is 2.60. The molecule has 1 heterocycles. The SMILES string of the molecule is CCC(C)(C(=O)N1CCC(N(C)C)CC1)C(N)=S. The number of nitrogens with zero attached hydrogens (tertiary/aromatic N) is 2. The summed E-state index contributed by atoms with van der Waals surface area (Å²) in [4.78, 5) is 17.0. The molecular formula is C13H25N3OS. The number of likely N-dealkylation sites (tertiary alicyclic amines) is 1. The average Bonchev–Trinajstić information content (AvgIpc) is 2.36. The standard InChI is InChI=1S/C13H25N3OS/c1-5-13(2,11(14)18)12(17)16-8-6-10(7-9-16)15(3)4/h10H,5-9H2,1-4H3,(H2,14,18). The number of hydrogen-bond acceptors (Lipinski definition) is 3. The number of carbonyl (C=O) groups excluding carboxylic acids is 1.